The van der Waals surface area contributed by atoms with Gasteiger partial charge in [-0.25, -0.2) is 4.98 Å². The fourth-order valence-corrected chi connectivity index (χ4v) is 2.61. The zero-order chi connectivity index (χ0) is 11.7. The molecule has 0 N–H and O–H groups in total. The van der Waals surface area contributed by atoms with Crippen LogP contribution >= 0.6 is 11.6 Å². The lowest BCUT2D eigenvalue weighted by Crippen LogP contribution is -2.19. The molecule has 88 valence electrons. The molecule has 3 rings (SSSR count). The van der Waals surface area contributed by atoms with Crippen molar-refractivity contribution in [2.24, 2.45) is 0 Å². The summed E-state index contributed by atoms with van der Waals surface area (Å²) in [5.41, 5.74) is 0.965. The number of halogens is 1. The Morgan fingerprint density at radius 2 is 1.94 bits per heavy atom. The maximum atomic E-state index is 5.92. The van der Waals surface area contributed by atoms with Crippen molar-refractivity contribution >= 4 is 28.2 Å². The molecule has 3 heteroatoms. The number of hydrogen-bond acceptors (Lipinski definition) is 2. The Bertz CT molecular complexity index is 533. The van der Waals surface area contributed by atoms with Crippen molar-refractivity contribution in [1.29, 1.82) is 0 Å². The van der Waals surface area contributed by atoms with Gasteiger partial charge in [-0.3, -0.25) is 0 Å². The third kappa shape index (κ3) is 1.98. The number of anilines is 1. The summed E-state index contributed by atoms with van der Waals surface area (Å²) in [6, 6.07) is 10.5. The second-order valence-corrected chi connectivity index (χ2v) is 4.75. The Morgan fingerprint density at radius 1 is 1.18 bits per heavy atom. The van der Waals surface area contributed by atoms with E-state index in [0.29, 0.717) is 5.88 Å². The molecule has 2 aromatic rings. The Kier molecular flexibility index (Phi) is 2.89. The molecule has 0 spiro atoms. The van der Waals surface area contributed by atoms with E-state index >= 15 is 0 Å². The van der Waals surface area contributed by atoms with Crippen LogP contribution < -0.4 is 4.90 Å². The van der Waals surface area contributed by atoms with Gasteiger partial charge in [-0.05, 0) is 24.3 Å². The van der Waals surface area contributed by atoms with E-state index in [1.807, 2.05) is 0 Å². The molecular formula is C14H15ClN2. The van der Waals surface area contributed by atoms with Crippen LogP contribution in [0.5, 0.6) is 0 Å². The van der Waals surface area contributed by atoms with Gasteiger partial charge in [-0.1, -0.05) is 24.3 Å². The molecule has 0 amide bonds. The maximum absolute atomic E-state index is 5.92. The van der Waals surface area contributed by atoms with Crippen molar-refractivity contribution < 1.29 is 0 Å². The minimum absolute atomic E-state index is 0.478. The van der Waals surface area contributed by atoms with Crippen LogP contribution in [0.15, 0.2) is 30.3 Å². The highest BCUT2D eigenvalue weighted by atomic mass is 35.5. The molecule has 1 fully saturated rings. The second-order valence-electron chi connectivity index (χ2n) is 4.49. The predicted octanol–water partition coefficient (Wildman–Crippen LogP) is 3.57. The second kappa shape index (κ2) is 4.53. The predicted molar refractivity (Wildman–Crippen MR) is 72.7 cm³/mol. The molecule has 17 heavy (non-hydrogen) atoms. The summed E-state index contributed by atoms with van der Waals surface area (Å²) in [6.07, 6.45) is 2.53. The van der Waals surface area contributed by atoms with Crippen molar-refractivity contribution in [3.8, 4) is 0 Å². The SMILES string of the molecule is ClCc1cc2ccccc2c(N2CCCC2)n1. The fourth-order valence-electron chi connectivity index (χ4n) is 2.47. The van der Waals surface area contributed by atoms with Crippen molar-refractivity contribution in [3.63, 3.8) is 0 Å². The van der Waals surface area contributed by atoms with Gasteiger partial charge in [0.05, 0.1) is 11.6 Å². The van der Waals surface area contributed by atoms with Crippen LogP contribution in [0.3, 0.4) is 0 Å². The number of alkyl halides is 1. The van der Waals surface area contributed by atoms with Gasteiger partial charge in [0.1, 0.15) is 5.82 Å². The van der Waals surface area contributed by atoms with Gasteiger partial charge in [0, 0.05) is 18.5 Å². The van der Waals surface area contributed by atoms with E-state index < -0.39 is 0 Å². The van der Waals surface area contributed by atoms with Crippen LogP contribution in [0.1, 0.15) is 18.5 Å². The number of nitrogens with zero attached hydrogens (tertiary/aromatic N) is 2. The minimum Gasteiger partial charge on any atom is -0.356 e. The highest BCUT2D eigenvalue weighted by Crippen LogP contribution is 2.28. The van der Waals surface area contributed by atoms with E-state index in [9.17, 15) is 0 Å². The van der Waals surface area contributed by atoms with E-state index in [2.05, 4.69) is 35.2 Å². The highest BCUT2D eigenvalue weighted by molar-refractivity contribution is 6.17. The first-order chi connectivity index (χ1) is 8.38. The summed E-state index contributed by atoms with van der Waals surface area (Å²) < 4.78 is 0. The molecule has 1 aliphatic heterocycles. The maximum Gasteiger partial charge on any atom is 0.136 e. The number of aromatic nitrogens is 1. The largest absolute Gasteiger partial charge is 0.356 e. The van der Waals surface area contributed by atoms with Gasteiger partial charge in [0.25, 0.3) is 0 Å². The number of pyridine rings is 1. The standard InChI is InChI=1S/C14H15ClN2/c15-10-12-9-11-5-1-2-6-13(11)14(16-12)17-7-3-4-8-17/h1-2,5-6,9H,3-4,7-8,10H2. The van der Waals surface area contributed by atoms with Gasteiger partial charge >= 0.3 is 0 Å². The number of hydrogen-bond donors (Lipinski definition) is 0. The van der Waals surface area contributed by atoms with Gasteiger partial charge in [0.2, 0.25) is 0 Å². The molecule has 0 saturated carbocycles. The normalized spacial score (nSPS) is 15.7. The van der Waals surface area contributed by atoms with E-state index in [4.69, 9.17) is 16.6 Å². The Labute approximate surface area is 106 Å². The first-order valence-corrected chi connectivity index (χ1v) is 6.61. The van der Waals surface area contributed by atoms with Crippen LogP contribution in [0, 0.1) is 0 Å². The molecule has 0 radical (unpaired) electrons. The molecule has 0 atom stereocenters. The van der Waals surface area contributed by atoms with E-state index in [1.54, 1.807) is 0 Å². The molecule has 1 aromatic heterocycles. The van der Waals surface area contributed by atoms with Crippen molar-refractivity contribution in [1.82, 2.24) is 4.98 Å². The lowest BCUT2D eigenvalue weighted by Gasteiger charge is -2.19. The van der Waals surface area contributed by atoms with Gasteiger partial charge in [-0.2, -0.15) is 0 Å². The molecule has 0 unspecified atom stereocenters. The molecule has 0 bridgehead atoms. The quantitative estimate of drug-likeness (QED) is 0.753. The van der Waals surface area contributed by atoms with Crippen molar-refractivity contribution in [2.75, 3.05) is 18.0 Å². The van der Waals surface area contributed by atoms with Gasteiger partial charge in [0.15, 0.2) is 0 Å². The summed E-state index contributed by atoms with van der Waals surface area (Å²) in [7, 11) is 0. The van der Waals surface area contributed by atoms with Crippen LogP contribution in [-0.2, 0) is 5.88 Å². The summed E-state index contributed by atoms with van der Waals surface area (Å²) in [4.78, 5) is 7.07. The average molecular weight is 247 g/mol. The summed E-state index contributed by atoms with van der Waals surface area (Å²) in [5, 5.41) is 2.48. The van der Waals surface area contributed by atoms with Gasteiger partial charge in [-0.15, -0.1) is 11.6 Å². The Balaban J connectivity index is 2.19. The summed E-state index contributed by atoms with van der Waals surface area (Å²) >= 11 is 5.92. The monoisotopic (exact) mass is 246 g/mol. The van der Waals surface area contributed by atoms with Gasteiger partial charge < -0.3 is 4.90 Å². The minimum atomic E-state index is 0.478. The lowest BCUT2D eigenvalue weighted by atomic mass is 10.1. The smallest absolute Gasteiger partial charge is 0.136 e. The van der Waals surface area contributed by atoms with Crippen LogP contribution in [0.2, 0.25) is 0 Å². The molecule has 0 aliphatic carbocycles. The molecule has 1 aliphatic rings. The van der Waals surface area contributed by atoms with E-state index in [-0.39, 0.29) is 0 Å². The highest BCUT2D eigenvalue weighted by Gasteiger charge is 2.16. The summed E-state index contributed by atoms with van der Waals surface area (Å²) in [6.45, 7) is 2.23. The molecule has 2 heterocycles. The Hall–Kier alpha value is -1.28. The topological polar surface area (TPSA) is 16.1 Å². The average Bonchev–Trinajstić information content (AvgIpc) is 2.91. The van der Waals surface area contributed by atoms with Crippen molar-refractivity contribution in [2.45, 2.75) is 18.7 Å². The third-order valence-electron chi connectivity index (χ3n) is 3.32. The third-order valence-corrected chi connectivity index (χ3v) is 3.59. The molecular weight excluding hydrogens is 232 g/mol. The summed E-state index contributed by atoms with van der Waals surface area (Å²) in [5.74, 6) is 1.59. The molecule has 1 saturated heterocycles. The Morgan fingerprint density at radius 3 is 2.71 bits per heavy atom. The van der Waals surface area contributed by atoms with Crippen molar-refractivity contribution in [3.05, 3.63) is 36.0 Å². The van der Waals surface area contributed by atoms with E-state index in [1.165, 1.54) is 23.6 Å². The zero-order valence-electron chi connectivity index (χ0n) is 9.69. The first-order valence-electron chi connectivity index (χ1n) is 6.08. The molecule has 1 aromatic carbocycles. The molecule has 2 nitrogen and oxygen atoms in total. The zero-order valence-corrected chi connectivity index (χ0v) is 10.5. The number of rotatable bonds is 2. The van der Waals surface area contributed by atoms with E-state index in [0.717, 1.165) is 24.6 Å². The van der Waals surface area contributed by atoms with Crippen LogP contribution in [0.4, 0.5) is 5.82 Å². The first kappa shape index (κ1) is 10.8. The number of fused-ring (bicyclic) bond motifs is 1. The number of benzene rings is 1. The van der Waals surface area contributed by atoms with Crippen LogP contribution in [-0.4, -0.2) is 18.1 Å². The fraction of sp³-hybridized carbons (Fsp3) is 0.357. The van der Waals surface area contributed by atoms with Crippen LogP contribution in [0.25, 0.3) is 10.8 Å². The lowest BCUT2D eigenvalue weighted by molar-refractivity contribution is 0.936.